The van der Waals surface area contributed by atoms with E-state index in [-0.39, 0.29) is 19.1 Å². The number of nitrogens with one attached hydrogen (secondary N) is 1. The van der Waals surface area contributed by atoms with Crippen LogP contribution < -0.4 is 10.1 Å². The standard InChI is InChI=1S/C10H12INO3/c1-15-9-3-2-7(6-8(9)11)10(14)12-4-5-13/h2-3,6,13H,4-5H2,1H3,(H,12,14). The highest BCUT2D eigenvalue weighted by Gasteiger charge is 2.07. The fourth-order valence-electron chi connectivity index (χ4n) is 1.08. The molecule has 0 atom stereocenters. The SMILES string of the molecule is COc1ccc(C(=O)NCCO)cc1I. The first-order chi connectivity index (χ1) is 7.19. The summed E-state index contributed by atoms with van der Waals surface area (Å²) >= 11 is 2.10. The predicted octanol–water partition coefficient (Wildman–Crippen LogP) is 1.02. The van der Waals surface area contributed by atoms with E-state index < -0.39 is 0 Å². The molecule has 0 aliphatic carbocycles. The summed E-state index contributed by atoms with van der Waals surface area (Å²) in [7, 11) is 1.59. The Labute approximate surface area is 102 Å². The van der Waals surface area contributed by atoms with E-state index >= 15 is 0 Å². The molecule has 15 heavy (non-hydrogen) atoms. The zero-order valence-electron chi connectivity index (χ0n) is 8.29. The van der Waals surface area contributed by atoms with Crippen LogP contribution in [0.5, 0.6) is 5.75 Å². The Kier molecular flexibility index (Phi) is 4.83. The van der Waals surface area contributed by atoms with E-state index in [9.17, 15) is 4.79 Å². The van der Waals surface area contributed by atoms with Crippen molar-refractivity contribution < 1.29 is 14.6 Å². The van der Waals surface area contributed by atoms with Crippen molar-refractivity contribution in [1.29, 1.82) is 0 Å². The van der Waals surface area contributed by atoms with Gasteiger partial charge in [0.1, 0.15) is 5.75 Å². The molecule has 0 bridgehead atoms. The van der Waals surface area contributed by atoms with Gasteiger partial charge in [0.25, 0.3) is 5.91 Å². The first kappa shape index (κ1) is 12.3. The van der Waals surface area contributed by atoms with Gasteiger partial charge in [0.2, 0.25) is 0 Å². The van der Waals surface area contributed by atoms with Crippen LogP contribution in [0, 0.1) is 3.57 Å². The molecule has 2 N–H and O–H groups in total. The number of aliphatic hydroxyl groups is 1. The highest BCUT2D eigenvalue weighted by molar-refractivity contribution is 14.1. The van der Waals surface area contributed by atoms with Crippen molar-refractivity contribution in [2.45, 2.75) is 0 Å². The second-order valence-corrected chi connectivity index (χ2v) is 3.99. The maximum atomic E-state index is 11.5. The largest absolute Gasteiger partial charge is 0.496 e. The van der Waals surface area contributed by atoms with Gasteiger partial charge < -0.3 is 15.2 Å². The zero-order valence-corrected chi connectivity index (χ0v) is 10.4. The number of halogens is 1. The number of aliphatic hydroxyl groups excluding tert-OH is 1. The minimum absolute atomic E-state index is 0.0566. The van der Waals surface area contributed by atoms with Gasteiger partial charge in [-0.2, -0.15) is 0 Å². The maximum Gasteiger partial charge on any atom is 0.251 e. The molecule has 0 fully saturated rings. The van der Waals surface area contributed by atoms with Gasteiger partial charge >= 0.3 is 0 Å². The van der Waals surface area contributed by atoms with Gasteiger partial charge in [0.15, 0.2) is 0 Å². The van der Waals surface area contributed by atoms with Gasteiger partial charge in [0.05, 0.1) is 17.3 Å². The third-order valence-corrected chi connectivity index (χ3v) is 2.65. The first-order valence-electron chi connectivity index (χ1n) is 4.41. The second-order valence-electron chi connectivity index (χ2n) is 2.83. The molecule has 0 unspecified atom stereocenters. The van der Waals surface area contributed by atoms with E-state index in [2.05, 4.69) is 27.9 Å². The maximum absolute atomic E-state index is 11.5. The van der Waals surface area contributed by atoms with Crippen molar-refractivity contribution in [2.24, 2.45) is 0 Å². The number of benzene rings is 1. The third kappa shape index (κ3) is 3.35. The van der Waals surface area contributed by atoms with Crippen LogP contribution in [0.3, 0.4) is 0 Å². The number of carbonyl (C=O) groups excluding carboxylic acids is 1. The lowest BCUT2D eigenvalue weighted by Gasteiger charge is -2.06. The number of ether oxygens (including phenoxy) is 1. The molecule has 82 valence electrons. The van der Waals surface area contributed by atoms with Crippen LogP contribution in [0.15, 0.2) is 18.2 Å². The molecule has 1 aromatic carbocycles. The molecule has 0 aliphatic rings. The molecule has 5 heteroatoms. The second kappa shape index (κ2) is 5.92. The molecule has 1 amide bonds. The van der Waals surface area contributed by atoms with E-state index in [0.29, 0.717) is 5.56 Å². The van der Waals surface area contributed by atoms with Gasteiger partial charge in [-0.25, -0.2) is 0 Å². The normalized spacial score (nSPS) is 9.80. The molecule has 0 spiro atoms. The summed E-state index contributed by atoms with van der Waals surface area (Å²) in [5, 5.41) is 11.1. The smallest absolute Gasteiger partial charge is 0.251 e. The quantitative estimate of drug-likeness (QED) is 0.814. The summed E-state index contributed by atoms with van der Waals surface area (Å²) in [6.07, 6.45) is 0. The zero-order chi connectivity index (χ0) is 11.3. The van der Waals surface area contributed by atoms with Crippen molar-refractivity contribution in [2.75, 3.05) is 20.3 Å². The summed E-state index contributed by atoms with van der Waals surface area (Å²) < 4.78 is 5.96. The van der Waals surface area contributed by atoms with Crippen molar-refractivity contribution in [3.8, 4) is 5.75 Å². The van der Waals surface area contributed by atoms with E-state index in [1.165, 1.54) is 0 Å². The van der Waals surface area contributed by atoms with E-state index in [1.807, 2.05) is 0 Å². The van der Waals surface area contributed by atoms with Crippen LogP contribution >= 0.6 is 22.6 Å². The highest BCUT2D eigenvalue weighted by Crippen LogP contribution is 2.21. The molecule has 1 aromatic rings. The van der Waals surface area contributed by atoms with E-state index in [0.717, 1.165) is 9.32 Å². The summed E-state index contributed by atoms with van der Waals surface area (Å²) in [4.78, 5) is 11.5. The van der Waals surface area contributed by atoms with Gasteiger partial charge in [-0.1, -0.05) is 0 Å². The van der Waals surface area contributed by atoms with Crippen molar-refractivity contribution in [3.05, 3.63) is 27.3 Å². The topological polar surface area (TPSA) is 58.6 Å². The average molecular weight is 321 g/mol. The molecule has 0 saturated carbocycles. The molecule has 0 saturated heterocycles. The first-order valence-corrected chi connectivity index (χ1v) is 5.49. The number of methoxy groups -OCH3 is 1. The minimum atomic E-state index is -0.190. The lowest BCUT2D eigenvalue weighted by Crippen LogP contribution is -2.26. The average Bonchev–Trinajstić information content (AvgIpc) is 2.25. The Hall–Kier alpha value is -0.820. The lowest BCUT2D eigenvalue weighted by molar-refractivity contribution is 0.0944. The Bertz CT molecular complexity index is 355. The Morgan fingerprint density at radius 2 is 2.33 bits per heavy atom. The van der Waals surface area contributed by atoms with Crippen LogP contribution in [0.1, 0.15) is 10.4 Å². The van der Waals surface area contributed by atoms with Crippen LogP contribution in [-0.2, 0) is 0 Å². The summed E-state index contributed by atoms with van der Waals surface area (Å²) in [5.41, 5.74) is 0.564. The van der Waals surface area contributed by atoms with Gasteiger partial charge in [-0.05, 0) is 40.8 Å². The van der Waals surface area contributed by atoms with Gasteiger partial charge in [-0.15, -0.1) is 0 Å². The predicted molar refractivity (Wildman–Crippen MR) is 65.1 cm³/mol. The molecular weight excluding hydrogens is 309 g/mol. The fourth-order valence-corrected chi connectivity index (χ4v) is 1.81. The van der Waals surface area contributed by atoms with Gasteiger partial charge in [-0.3, -0.25) is 4.79 Å². The lowest BCUT2D eigenvalue weighted by atomic mass is 10.2. The van der Waals surface area contributed by atoms with Crippen LogP contribution in [0.25, 0.3) is 0 Å². The molecule has 0 aromatic heterocycles. The van der Waals surface area contributed by atoms with Crippen molar-refractivity contribution in [1.82, 2.24) is 5.32 Å². The molecule has 4 nitrogen and oxygen atoms in total. The number of hydrogen-bond donors (Lipinski definition) is 2. The van der Waals surface area contributed by atoms with Crippen molar-refractivity contribution >= 4 is 28.5 Å². The summed E-state index contributed by atoms with van der Waals surface area (Å²) in [6, 6.07) is 5.18. The molecule has 0 radical (unpaired) electrons. The molecular formula is C10H12INO3. The summed E-state index contributed by atoms with van der Waals surface area (Å²) in [6.45, 7) is 0.209. The highest BCUT2D eigenvalue weighted by atomic mass is 127. The Morgan fingerprint density at radius 3 is 2.87 bits per heavy atom. The van der Waals surface area contributed by atoms with Crippen LogP contribution in [0.4, 0.5) is 0 Å². The van der Waals surface area contributed by atoms with Gasteiger partial charge in [0, 0.05) is 12.1 Å². The number of amides is 1. The Morgan fingerprint density at radius 1 is 1.60 bits per heavy atom. The third-order valence-electron chi connectivity index (χ3n) is 1.81. The fraction of sp³-hybridized carbons (Fsp3) is 0.300. The van der Waals surface area contributed by atoms with Crippen molar-refractivity contribution in [3.63, 3.8) is 0 Å². The van der Waals surface area contributed by atoms with Crippen LogP contribution in [-0.4, -0.2) is 31.3 Å². The Balaban J connectivity index is 2.78. The molecule has 1 rings (SSSR count). The number of rotatable bonds is 4. The minimum Gasteiger partial charge on any atom is -0.496 e. The number of hydrogen-bond acceptors (Lipinski definition) is 3. The monoisotopic (exact) mass is 321 g/mol. The molecule has 0 aliphatic heterocycles. The molecule has 0 heterocycles. The number of carbonyl (C=O) groups is 1. The van der Waals surface area contributed by atoms with E-state index in [4.69, 9.17) is 9.84 Å². The van der Waals surface area contributed by atoms with E-state index in [1.54, 1.807) is 25.3 Å². The summed E-state index contributed by atoms with van der Waals surface area (Å²) in [5.74, 6) is 0.555. The van der Waals surface area contributed by atoms with Crippen LogP contribution in [0.2, 0.25) is 0 Å².